The molecule has 0 saturated carbocycles. The summed E-state index contributed by atoms with van der Waals surface area (Å²) in [4.78, 5) is 5.01. The minimum absolute atomic E-state index is 0.562. The SMILES string of the molecule is Cc1ccc(C2Cc3[nH]c4ccccc4c3S2)cc1. The Balaban J connectivity index is 1.72. The highest BCUT2D eigenvalue weighted by atomic mass is 32.2. The Morgan fingerprint density at radius 2 is 1.84 bits per heavy atom. The van der Waals surface area contributed by atoms with Gasteiger partial charge in [-0.2, -0.15) is 0 Å². The molecule has 2 heterocycles. The molecule has 1 N–H and O–H groups in total. The van der Waals surface area contributed by atoms with Gasteiger partial charge in [0, 0.05) is 33.2 Å². The highest BCUT2D eigenvalue weighted by molar-refractivity contribution is 8.00. The lowest BCUT2D eigenvalue weighted by molar-refractivity contribution is 0.920. The molecule has 0 amide bonds. The van der Waals surface area contributed by atoms with Gasteiger partial charge in [-0.05, 0) is 18.6 Å². The van der Waals surface area contributed by atoms with Gasteiger partial charge in [-0.25, -0.2) is 0 Å². The van der Waals surface area contributed by atoms with Crippen LogP contribution in [0.15, 0.2) is 53.4 Å². The summed E-state index contributed by atoms with van der Waals surface area (Å²) < 4.78 is 0. The number of hydrogen-bond donors (Lipinski definition) is 1. The van der Waals surface area contributed by atoms with Gasteiger partial charge in [-0.1, -0.05) is 48.0 Å². The molecule has 0 aliphatic carbocycles. The van der Waals surface area contributed by atoms with Crippen LogP contribution >= 0.6 is 11.8 Å². The van der Waals surface area contributed by atoms with E-state index in [1.165, 1.54) is 32.6 Å². The number of aryl methyl sites for hydroxylation is 1. The van der Waals surface area contributed by atoms with Gasteiger partial charge in [0.1, 0.15) is 0 Å². The topological polar surface area (TPSA) is 15.8 Å². The molecule has 0 fully saturated rings. The summed E-state index contributed by atoms with van der Waals surface area (Å²) >= 11 is 2.00. The van der Waals surface area contributed by atoms with Crippen LogP contribution in [0.4, 0.5) is 0 Å². The number of aromatic amines is 1. The van der Waals surface area contributed by atoms with Gasteiger partial charge in [-0.3, -0.25) is 0 Å². The molecule has 1 aliphatic rings. The maximum Gasteiger partial charge on any atom is 0.0467 e. The molecule has 19 heavy (non-hydrogen) atoms. The van der Waals surface area contributed by atoms with Gasteiger partial charge >= 0.3 is 0 Å². The van der Waals surface area contributed by atoms with Crippen molar-refractivity contribution in [2.75, 3.05) is 0 Å². The zero-order chi connectivity index (χ0) is 12.8. The van der Waals surface area contributed by atoms with Gasteiger partial charge in [0.15, 0.2) is 0 Å². The largest absolute Gasteiger partial charge is 0.357 e. The van der Waals surface area contributed by atoms with Crippen LogP contribution in [-0.4, -0.2) is 4.98 Å². The van der Waals surface area contributed by atoms with E-state index >= 15 is 0 Å². The minimum atomic E-state index is 0.562. The number of nitrogens with one attached hydrogen (secondary N) is 1. The van der Waals surface area contributed by atoms with Crippen molar-refractivity contribution in [3.63, 3.8) is 0 Å². The number of aromatic nitrogens is 1. The van der Waals surface area contributed by atoms with E-state index in [1.807, 2.05) is 11.8 Å². The van der Waals surface area contributed by atoms with Crippen LogP contribution in [0.1, 0.15) is 22.1 Å². The van der Waals surface area contributed by atoms with Crippen molar-refractivity contribution < 1.29 is 0 Å². The Morgan fingerprint density at radius 1 is 1.05 bits per heavy atom. The second-order valence-corrected chi connectivity index (χ2v) is 6.41. The molecule has 4 rings (SSSR count). The summed E-state index contributed by atoms with van der Waals surface area (Å²) in [6.45, 7) is 2.14. The summed E-state index contributed by atoms with van der Waals surface area (Å²) in [7, 11) is 0. The third-order valence-corrected chi connectivity index (χ3v) is 5.26. The van der Waals surface area contributed by atoms with E-state index in [0.29, 0.717) is 5.25 Å². The van der Waals surface area contributed by atoms with Gasteiger partial charge in [0.25, 0.3) is 0 Å². The third-order valence-electron chi connectivity index (χ3n) is 3.83. The van der Waals surface area contributed by atoms with Gasteiger partial charge in [0.05, 0.1) is 0 Å². The van der Waals surface area contributed by atoms with E-state index in [1.54, 1.807) is 0 Å². The second-order valence-electron chi connectivity index (χ2n) is 5.20. The van der Waals surface area contributed by atoms with Crippen LogP contribution in [0.25, 0.3) is 10.9 Å². The van der Waals surface area contributed by atoms with Crippen molar-refractivity contribution in [2.45, 2.75) is 23.5 Å². The van der Waals surface area contributed by atoms with Crippen molar-refractivity contribution >= 4 is 22.7 Å². The Morgan fingerprint density at radius 3 is 2.68 bits per heavy atom. The van der Waals surface area contributed by atoms with E-state index in [0.717, 1.165) is 6.42 Å². The fraction of sp³-hybridized carbons (Fsp3) is 0.176. The van der Waals surface area contributed by atoms with Crippen molar-refractivity contribution in [3.8, 4) is 0 Å². The molecule has 2 aromatic carbocycles. The lowest BCUT2D eigenvalue weighted by Gasteiger charge is -2.09. The highest BCUT2D eigenvalue weighted by Gasteiger charge is 2.27. The Bertz CT molecular complexity index is 740. The van der Waals surface area contributed by atoms with E-state index in [9.17, 15) is 0 Å². The molecule has 2 heteroatoms. The number of para-hydroxylation sites is 1. The number of hydrogen-bond acceptors (Lipinski definition) is 1. The normalized spacial score (nSPS) is 17.8. The standard InChI is InChI=1S/C17H15NS/c1-11-6-8-12(9-7-11)16-10-15-17(19-16)13-4-2-3-5-14(13)18-15/h2-9,16,18H,10H2,1H3. The van der Waals surface area contributed by atoms with Crippen LogP contribution in [0.5, 0.6) is 0 Å². The molecular weight excluding hydrogens is 250 g/mol. The van der Waals surface area contributed by atoms with E-state index in [2.05, 4.69) is 60.4 Å². The first kappa shape index (κ1) is 11.2. The molecule has 1 atom stereocenters. The van der Waals surface area contributed by atoms with Gasteiger partial charge in [-0.15, -0.1) is 11.8 Å². The zero-order valence-electron chi connectivity index (χ0n) is 10.8. The predicted octanol–water partition coefficient (Wildman–Crippen LogP) is 4.87. The average molecular weight is 265 g/mol. The van der Waals surface area contributed by atoms with Crippen LogP contribution in [0.2, 0.25) is 0 Å². The minimum Gasteiger partial charge on any atom is -0.357 e. The monoisotopic (exact) mass is 265 g/mol. The molecule has 3 aromatic rings. The van der Waals surface area contributed by atoms with Crippen molar-refractivity contribution in [1.82, 2.24) is 4.98 Å². The summed E-state index contributed by atoms with van der Waals surface area (Å²) in [6.07, 6.45) is 1.11. The van der Waals surface area contributed by atoms with Crippen LogP contribution in [-0.2, 0) is 6.42 Å². The average Bonchev–Trinajstić information content (AvgIpc) is 2.97. The third kappa shape index (κ3) is 1.79. The summed E-state index contributed by atoms with van der Waals surface area (Å²) in [5.74, 6) is 0. The summed E-state index contributed by atoms with van der Waals surface area (Å²) in [5.41, 5.74) is 5.43. The molecule has 0 radical (unpaired) electrons. The number of rotatable bonds is 1. The number of fused-ring (bicyclic) bond motifs is 3. The van der Waals surface area contributed by atoms with Crippen LogP contribution < -0.4 is 0 Å². The first-order valence-electron chi connectivity index (χ1n) is 6.64. The molecule has 94 valence electrons. The molecule has 0 spiro atoms. The van der Waals surface area contributed by atoms with E-state index in [-0.39, 0.29) is 0 Å². The van der Waals surface area contributed by atoms with E-state index in [4.69, 9.17) is 0 Å². The van der Waals surface area contributed by atoms with E-state index < -0.39 is 0 Å². The molecule has 1 aliphatic heterocycles. The Kier molecular flexibility index (Phi) is 2.46. The second kappa shape index (κ2) is 4.17. The lowest BCUT2D eigenvalue weighted by Crippen LogP contribution is -1.93. The molecular formula is C17H15NS. The maximum absolute atomic E-state index is 3.57. The zero-order valence-corrected chi connectivity index (χ0v) is 11.6. The number of thioether (sulfide) groups is 1. The fourth-order valence-electron chi connectivity index (χ4n) is 2.79. The fourth-order valence-corrected chi connectivity index (χ4v) is 4.20. The van der Waals surface area contributed by atoms with Crippen LogP contribution in [0, 0.1) is 6.92 Å². The first-order valence-corrected chi connectivity index (χ1v) is 7.52. The Hall–Kier alpha value is -1.67. The maximum atomic E-state index is 3.57. The number of H-pyrrole nitrogens is 1. The summed E-state index contributed by atoms with van der Waals surface area (Å²) in [5, 5.41) is 1.93. The lowest BCUT2D eigenvalue weighted by atomic mass is 10.1. The molecule has 0 bridgehead atoms. The predicted molar refractivity (Wildman–Crippen MR) is 81.8 cm³/mol. The molecule has 1 unspecified atom stereocenters. The van der Waals surface area contributed by atoms with Crippen LogP contribution in [0.3, 0.4) is 0 Å². The molecule has 0 saturated heterocycles. The van der Waals surface area contributed by atoms with Crippen molar-refractivity contribution in [2.24, 2.45) is 0 Å². The Labute approximate surface area is 117 Å². The van der Waals surface area contributed by atoms with Gasteiger partial charge < -0.3 is 4.98 Å². The van der Waals surface area contributed by atoms with Gasteiger partial charge in [0.2, 0.25) is 0 Å². The highest BCUT2D eigenvalue weighted by Crippen LogP contribution is 2.49. The summed E-state index contributed by atoms with van der Waals surface area (Å²) in [6, 6.07) is 17.5. The molecule has 1 aromatic heterocycles. The quantitative estimate of drug-likeness (QED) is 0.664. The number of benzene rings is 2. The first-order chi connectivity index (χ1) is 9.31. The molecule has 1 nitrogen and oxygen atoms in total. The van der Waals surface area contributed by atoms with Crippen molar-refractivity contribution in [3.05, 3.63) is 65.4 Å². The van der Waals surface area contributed by atoms with Crippen molar-refractivity contribution in [1.29, 1.82) is 0 Å². The smallest absolute Gasteiger partial charge is 0.0467 e.